The Balaban J connectivity index is 4.27. The second kappa shape index (κ2) is 11.5. The minimum absolute atomic E-state index is 0.0197. The molecular formula is C16H28O5. The van der Waals surface area contributed by atoms with E-state index in [9.17, 15) is 9.90 Å². The summed E-state index contributed by atoms with van der Waals surface area (Å²) in [6.45, 7) is 3.66. The van der Waals surface area contributed by atoms with Crippen LogP contribution in [0.3, 0.4) is 0 Å². The molecule has 21 heavy (non-hydrogen) atoms. The number of aliphatic carboxylic acids is 1. The van der Waals surface area contributed by atoms with Gasteiger partial charge in [0, 0.05) is 19.4 Å². The molecule has 0 amide bonds. The van der Waals surface area contributed by atoms with Crippen molar-refractivity contribution in [3.05, 3.63) is 23.8 Å². The van der Waals surface area contributed by atoms with Gasteiger partial charge >= 0.3 is 5.97 Å². The molecule has 0 saturated heterocycles. The van der Waals surface area contributed by atoms with Crippen molar-refractivity contribution in [3.63, 3.8) is 0 Å². The summed E-state index contributed by atoms with van der Waals surface area (Å²) in [5.74, 6) is -0.900. The van der Waals surface area contributed by atoms with Crippen LogP contribution in [0.15, 0.2) is 23.8 Å². The number of rotatable bonds is 11. The first-order valence-corrected chi connectivity index (χ1v) is 7.29. The van der Waals surface area contributed by atoms with Gasteiger partial charge in [0.05, 0.1) is 12.7 Å². The van der Waals surface area contributed by atoms with Gasteiger partial charge < -0.3 is 20.1 Å². The fraction of sp³-hybridized carbons (Fsp3) is 0.688. The Morgan fingerprint density at radius 3 is 2.52 bits per heavy atom. The highest BCUT2D eigenvalue weighted by atomic mass is 16.5. The van der Waals surface area contributed by atoms with Crippen molar-refractivity contribution in [2.45, 2.75) is 51.7 Å². The molecule has 0 aromatic rings. The SMILES string of the molecule is CO[C@@H](/C=C/CCCCC(=O)O)[C@@H](O)C(C)/C=C(/C)CO. The molecule has 3 N–H and O–H groups in total. The molecule has 3 atom stereocenters. The molecule has 0 radical (unpaired) electrons. The largest absolute Gasteiger partial charge is 0.481 e. The van der Waals surface area contributed by atoms with Crippen LogP contribution in [0, 0.1) is 5.92 Å². The summed E-state index contributed by atoms with van der Waals surface area (Å²) in [7, 11) is 1.54. The van der Waals surface area contributed by atoms with E-state index >= 15 is 0 Å². The standard InChI is InChI=1S/C16H28O5/c1-12(11-17)10-13(2)16(20)14(21-3)8-6-4-5-7-9-15(18)19/h6,8,10,13-14,16-17,20H,4-5,7,9,11H2,1-3H3,(H,18,19)/b8-6+,12-10-/t13?,14-,16-/m0/s1. The van der Waals surface area contributed by atoms with Gasteiger partial charge in [0.2, 0.25) is 0 Å². The first-order chi connectivity index (χ1) is 9.92. The first-order valence-electron chi connectivity index (χ1n) is 7.29. The Morgan fingerprint density at radius 1 is 1.33 bits per heavy atom. The third-order valence-electron chi connectivity index (χ3n) is 3.28. The lowest BCUT2D eigenvalue weighted by Gasteiger charge is -2.23. The predicted molar refractivity (Wildman–Crippen MR) is 82.1 cm³/mol. The Bertz CT molecular complexity index is 349. The molecule has 0 aliphatic carbocycles. The third-order valence-corrected chi connectivity index (χ3v) is 3.28. The zero-order valence-electron chi connectivity index (χ0n) is 13.2. The van der Waals surface area contributed by atoms with E-state index in [0.29, 0.717) is 6.42 Å². The van der Waals surface area contributed by atoms with Gasteiger partial charge in [0.25, 0.3) is 0 Å². The quantitative estimate of drug-likeness (QED) is 0.402. The van der Waals surface area contributed by atoms with E-state index in [4.69, 9.17) is 14.9 Å². The van der Waals surface area contributed by atoms with Crippen molar-refractivity contribution in [2.24, 2.45) is 5.92 Å². The van der Waals surface area contributed by atoms with Crippen LogP contribution in [0.1, 0.15) is 39.5 Å². The van der Waals surface area contributed by atoms with Crippen LogP contribution in [-0.4, -0.2) is 47.2 Å². The molecule has 0 saturated carbocycles. The van der Waals surface area contributed by atoms with Gasteiger partial charge in [-0.05, 0) is 26.2 Å². The van der Waals surface area contributed by atoms with Gasteiger partial charge in [-0.15, -0.1) is 0 Å². The lowest BCUT2D eigenvalue weighted by molar-refractivity contribution is -0.137. The Hall–Kier alpha value is -1.17. The van der Waals surface area contributed by atoms with Gasteiger partial charge in [-0.2, -0.15) is 0 Å². The second-order valence-corrected chi connectivity index (χ2v) is 5.29. The molecular weight excluding hydrogens is 272 g/mol. The monoisotopic (exact) mass is 300 g/mol. The van der Waals surface area contributed by atoms with Gasteiger partial charge in [0.15, 0.2) is 0 Å². The number of aliphatic hydroxyl groups is 2. The lowest BCUT2D eigenvalue weighted by atomic mass is 9.96. The van der Waals surface area contributed by atoms with Gasteiger partial charge in [-0.25, -0.2) is 0 Å². The summed E-state index contributed by atoms with van der Waals surface area (Å²) < 4.78 is 5.27. The molecule has 0 aromatic heterocycles. The van der Waals surface area contributed by atoms with Crippen LogP contribution >= 0.6 is 0 Å². The summed E-state index contributed by atoms with van der Waals surface area (Å²) in [5.41, 5.74) is 0.814. The summed E-state index contributed by atoms with van der Waals surface area (Å²) in [6.07, 6.45) is 6.85. The van der Waals surface area contributed by atoms with E-state index in [1.807, 2.05) is 32.1 Å². The Labute approximate surface area is 126 Å². The van der Waals surface area contributed by atoms with Crippen LogP contribution in [0.25, 0.3) is 0 Å². The summed E-state index contributed by atoms with van der Waals surface area (Å²) >= 11 is 0. The first kappa shape index (κ1) is 19.8. The molecule has 0 aliphatic rings. The number of unbranched alkanes of at least 4 members (excludes halogenated alkanes) is 2. The molecule has 0 rings (SSSR count). The number of carboxylic acids is 1. The van der Waals surface area contributed by atoms with E-state index in [0.717, 1.165) is 18.4 Å². The number of methoxy groups -OCH3 is 1. The Morgan fingerprint density at radius 2 is 2.00 bits per heavy atom. The third kappa shape index (κ3) is 9.39. The van der Waals surface area contributed by atoms with Crippen LogP contribution in [-0.2, 0) is 9.53 Å². The zero-order chi connectivity index (χ0) is 16.3. The molecule has 5 nitrogen and oxygen atoms in total. The van der Waals surface area contributed by atoms with Crippen LogP contribution in [0.2, 0.25) is 0 Å². The summed E-state index contributed by atoms with van der Waals surface area (Å²) in [5, 5.41) is 27.7. The van der Waals surface area contributed by atoms with Crippen LogP contribution in [0.5, 0.6) is 0 Å². The van der Waals surface area contributed by atoms with E-state index < -0.39 is 18.2 Å². The smallest absolute Gasteiger partial charge is 0.303 e. The molecule has 0 bridgehead atoms. The molecule has 0 spiro atoms. The minimum atomic E-state index is -0.774. The van der Waals surface area contributed by atoms with Gasteiger partial charge in [-0.1, -0.05) is 30.7 Å². The van der Waals surface area contributed by atoms with E-state index in [1.165, 1.54) is 7.11 Å². The van der Waals surface area contributed by atoms with Gasteiger partial charge in [0.1, 0.15) is 6.10 Å². The summed E-state index contributed by atoms with van der Waals surface area (Å²) in [4.78, 5) is 10.4. The Kier molecular flexibility index (Phi) is 10.8. The number of hydrogen-bond donors (Lipinski definition) is 3. The van der Waals surface area contributed by atoms with Crippen molar-refractivity contribution in [1.82, 2.24) is 0 Å². The maximum absolute atomic E-state index is 10.4. The number of aliphatic hydroxyl groups excluding tert-OH is 2. The molecule has 0 heterocycles. The number of allylic oxidation sites excluding steroid dienone is 1. The van der Waals surface area contributed by atoms with Crippen molar-refractivity contribution in [1.29, 1.82) is 0 Å². The molecule has 122 valence electrons. The average Bonchev–Trinajstić information content (AvgIpc) is 2.45. The molecule has 0 fully saturated rings. The average molecular weight is 300 g/mol. The van der Waals surface area contributed by atoms with E-state index in [2.05, 4.69) is 0 Å². The summed E-state index contributed by atoms with van der Waals surface area (Å²) in [6, 6.07) is 0. The van der Waals surface area contributed by atoms with Crippen LogP contribution < -0.4 is 0 Å². The fourth-order valence-electron chi connectivity index (χ4n) is 2.00. The number of hydrogen-bond acceptors (Lipinski definition) is 4. The topological polar surface area (TPSA) is 87.0 Å². The molecule has 5 heteroatoms. The number of carboxylic acid groups (broad SMARTS) is 1. The maximum Gasteiger partial charge on any atom is 0.303 e. The highest BCUT2D eigenvalue weighted by Gasteiger charge is 2.21. The van der Waals surface area contributed by atoms with E-state index in [-0.39, 0.29) is 18.9 Å². The van der Waals surface area contributed by atoms with Crippen molar-refractivity contribution in [2.75, 3.05) is 13.7 Å². The van der Waals surface area contributed by atoms with Crippen molar-refractivity contribution in [3.8, 4) is 0 Å². The highest BCUT2D eigenvalue weighted by molar-refractivity contribution is 5.66. The minimum Gasteiger partial charge on any atom is -0.481 e. The molecule has 0 aromatic carbocycles. The van der Waals surface area contributed by atoms with Crippen molar-refractivity contribution < 1.29 is 24.9 Å². The fourth-order valence-corrected chi connectivity index (χ4v) is 2.00. The zero-order valence-corrected chi connectivity index (χ0v) is 13.2. The predicted octanol–water partition coefficient (Wildman–Crippen LogP) is 2.14. The maximum atomic E-state index is 10.4. The number of carbonyl (C=O) groups is 1. The van der Waals surface area contributed by atoms with Gasteiger partial charge in [-0.3, -0.25) is 4.79 Å². The lowest BCUT2D eigenvalue weighted by Crippen LogP contribution is -2.31. The normalized spacial score (nSPS) is 16.9. The second-order valence-electron chi connectivity index (χ2n) is 5.29. The molecule has 0 aliphatic heterocycles. The van der Waals surface area contributed by atoms with Crippen LogP contribution in [0.4, 0.5) is 0 Å². The highest BCUT2D eigenvalue weighted by Crippen LogP contribution is 2.15. The number of ether oxygens (including phenoxy) is 1. The van der Waals surface area contributed by atoms with E-state index in [1.54, 1.807) is 0 Å². The molecule has 1 unspecified atom stereocenters. The van der Waals surface area contributed by atoms with Crippen molar-refractivity contribution >= 4 is 5.97 Å².